The Morgan fingerprint density at radius 1 is 1.58 bits per heavy atom. The maximum Gasteiger partial charge on any atom is 0.313 e. The number of halogens is 1. The zero-order valence-electron chi connectivity index (χ0n) is 6.24. The normalized spacial score (nSPS) is 9.75. The van der Waals surface area contributed by atoms with E-state index in [1.54, 1.807) is 0 Å². The van der Waals surface area contributed by atoms with E-state index < -0.39 is 22.2 Å². The van der Waals surface area contributed by atoms with Gasteiger partial charge in [-0.1, -0.05) is 0 Å². The number of hydrogen-bond donors (Lipinski definition) is 1. The van der Waals surface area contributed by atoms with Gasteiger partial charge in [0.15, 0.2) is 5.75 Å². The van der Waals surface area contributed by atoms with Crippen LogP contribution in [0, 0.1) is 15.9 Å². The Balaban J connectivity index is 3.37. The number of hydrogen-bond acceptors (Lipinski definition) is 3. The first-order chi connectivity index (χ1) is 5.52. The molecule has 0 unspecified atom stereocenters. The third kappa shape index (κ3) is 1.36. The van der Waals surface area contributed by atoms with Gasteiger partial charge in [0.25, 0.3) is 0 Å². The molecule has 1 aromatic carbocycles. The molecule has 0 heterocycles. The van der Waals surface area contributed by atoms with Crippen molar-refractivity contribution >= 4 is 19.0 Å². The fraction of sp³-hybridized carbons (Fsp3) is 0. The summed E-state index contributed by atoms with van der Waals surface area (Å²) >= 11 is 0. The fourth-order valence-corrected chi connectivity index (χ4v) is 0.857. The summed E-state index contributed by atoms with van der Waals surface area (Å²) < 4.78 is 12.6. The number of benzene rings is 1. The molecule has 6 heteroatoms. The Kier molecular flexibility index (Phi) is 1.99. The average molecular weight is 169 g/mol. The number of phenols is 1. The molecule has 62 valence electrons. The molecule has 0 amide bonds. The third-order valence-electron chi connectivity index (χ3n) is 1.44. The smallest absolute Gasteiger partial charge is 0.313 e. The lowest BCUT2D eigenvalue weighted by atomic mass is 9.94. The summed E-state index contributed by atoms with van der Waals surface area (Å²) in [6.07, 6.45) is 0. The molecule has 0 aliphatic carbocycles. The van der Waals surface area contributed by atoms with Crippen LogP contribution in [0.3, 0.4) is 0 Å². The highest BCUT2D eigenvalue weighted by molar-refractivity contribution is 6.34. The van der Waals surface area contributed by atoms with Crippen LogP contribution >= 0.6 is 0 Å². The first-order valence-electron chi connectivity index (χ1n) is 3.16. The first kappa shape index (κ1) is 8.51. The van der Waals surface area contributed by atoms with Crippen LogP contribution in [0.5, 0.6) is 5.75 Å². The largest absolute Gasteiger partial charge is 0.502 e. The van der Waals surface area contributed by atoms with Crippen LogP contribution < -0.4 is 5.46 Å². The van der Waals surface area contributed by atoms with Crippen LogP contribution in [0.25, 0.3) is 0 Å². The van der Waals surface area contributed by atoms with Gasteiger partial charge in [0, 0.05) is 0 Å². The van der Waals surface area contributed by atoms with Gasteiger partial charge in [-0.3, -0.25) is 10.1 Å². The molecule has 0 aromatic heterocycles. The van der Waals surface area contributed by atoms with Gasteiger partial charge < -0.3 is 5.11 Å². The van der Waals surface area contributed by atoms with Crippen molar-refractivity contribution in [3.63, 3.8) is 0 Å². The van der Waals surface area contributed by atoms with E-state index in [4.69, 9.17) is 5.11 Å². The van der Waals surface area contributed by atoms with Crippen LogP contribution in [0.2, 0.25) is 0 Å². The van der Waals surface area contributed by atoms with Gasteiger partial charge in [-0.25, -0.2) is 4.39 Å². The van der Waals surface area contributed by atoms with E-state index in [0.29, 0.717) is 6.07 Å². The molecular weight excluding hydrogens is 164 g/mol. The molecule has 0 spiro atoms. The zero-order chi connectivity index (χ0) is 9.30. The van der Waals surface area contributed by atoms with E-state index in [-0.39, 0.29) is 5.46 Å². The molecule has 1 N–H and O–H groups in total. The Morgan fingerprint density at radius 3 is 2.67 bits per heavy atom. The zero-order valence-corrected chi connectivity index (χ0v) is 6.24. The van der Waals surface area contributed by atoms with Crippen molar-refractivity contribution in [1.82, 2.24) is 0 Å². The van der Waals surface area contributed by atoms with Crippen LogP contribution in [-0.2, 0) is 0 Å². The van der Waals surface area contributed by atoms with Crippen molar-refractivity contribution in [3.05, 3.63) is 28.1 Å². The number of aromatic hydroxyl groups is 1. The predicted molar refractivity (Wildman–Crippen MR) is 42.9 cm³/mol. The monoisotopic (exact) mass is 169 g/mol. The molecule has 0 aliphatic heterocycles. The van der Waals surface area contributed by atoms with Crippen LogP contribution in [0.15, 0.2) is 12.1 Å². The second kappa shape index (κ2) is 2.81. The molecular formula is C6H5BFNO3. The maximum atomic E-state index is 12.6. The molecule has 0 aliphatic rings. The van der Waals surface area contributed by atoms with Crippen LogP contribution in [-0.4, -0.2) is 17.9 Å². The molecule has 0 atom stereocenters. The minimum atomic E-state index is -0.828. The number of rotatable bonds is 1. The topological polar surface area (TPSA) is 63.4 Å². The Bertz CT molecular complexity index is 342. The summed E-state index contributed by atoms with van der Waals surface area (Å²) in [6, 6.07) is 1.71. The van der Waals surface area contributed by atoms with Crippen molar-refractivity contribution in [1.29, 1.82) is 0 Å². The number of phenolic OH excluding ortho intramolecular Hbond substituents is 1. The predicted octanol–water partition coefficient (Wildman–Crippen LogP) is -0.302. The number of nitrogens with zero attached hydrogens (tertiary/aromatic N) is 1. The average Bonchev–Trinajstić information content (AvgIpc) is 1.96. The van der Waals surface area contributed by atoms with Crippen LogP contribution in [0.4, 0.5) is 10.1 Å². The number of nitro groups is 1. The van der Waals surface area contributed by atoms with E-state index in [0.717, 1.165) is 6.07 Å². The number of nitro benzene ring substituents is 1. The van der Waals surface area contributed by atoms with Crippen molar-refractivity contribution in [2.75, 3.05) is 0 Å². The minimum absolute atomic E-state index is 0.154. The Labute approximate surface area is 68.2 Å². The molecule has 0 radical (unpaired) electrons. The molecule has 4 nitrogen and oxygen atoms in total. The van der Waals surface area contributed by atoms with E-state index in [1.165, 1.54) is 7.85 Å². The second-order valence-electron chi connectivity index (χ2n) is 2.35. The Hall–Kier alpha value is -1.59. The third-order valence-corrected chi connectivity index (χ3v) is 1.44. The quantitative estimate of drug-likeness (QED) is 0.356. The van der Waals surface area contributed by atoms with Gasteiger partial charge in [-0.05, 0) is 11.5 Å². The molecule has 1 aromatic rings. The Morgan fingerprint density at radius 2 is 2.17 bits per heavy atom. The summed E-state index contributed by atoms with van der Waals surface area (Å²) in [7, 11) is 1.39. The molecule has 0 fully saturated rings. The van der Waals surface area contributed by atoms with E-state index in [2.05, 4.69) is 0 Å². The molecule has 0 bridgehead atoms. The van der Waals surface area contributed by atoms with Crippen molar-refractivity contribution in [3.8, 4) is 5.75 Å². The summed E-state index contributed by atoms with van der Waals surface area (Å²) in [4.78, 5) is 9.38. The van der Waals surface area contributed by atoms with Gasteiger partial charge >= 0.3 is 5.69 Å². The summed E-state index contributed by atoms with van der Waals surface area (Å²) in [5, 5.41) is 19.3. The van der Waals surface area contributed by atoms with E-state index >= 15 is 0 Å². The molecule has 0 saturated carbocycles. The highest BCUT2D eigenvalue weighted by Crippen LogP contribution is 2.22. The minimum Gasteiger partial charge on any atom is -0.502 e. The molecule has 1 rings (SSSR count). The molecule has 12 heavy (non-hydrogen) atoms. The summed E-state index contributed by atoms with van der Waals surface area (Å²) in [5.74, 6) is -1.21. The van der Waals surface area contributed by atoms with E-state index in [9.17, 15) is 14.5 Å². The standard InChI is InChI=1S/C6H5BFNO3/c7-4-1-3(8)2-5(6(4)10)9(11)12/h1-2,10H,7H2. The van der Waals surface area contributed by atoms with Gasteiger partial charge in [-0.2, -0.15) is 0 Å². The highest BCUT2D eigenvalue weighted by Gasteiger charge is 2.16. The van der Waals surface area contributed by atoms with Gasteiger partial charge in [0.2, 0.25) is 0 Å². The highest BCUT2D eigenvalue weighted by atomic mass is 19.1. The van der Waals surface area contributed by atoms with Crippen LogP contribution in [0.1, 0.15) is 0 Å². The maximum absolute atomic E-state index is 12.6. The van der Waals surface area contributed by atoms with E-state index in [1.807, 2.05) is 0 Å². The van der Waals surface area contributed by atoms with Gasteiger partial charge in [-0.15, -0.1) is 0 Å². The lowest BCUT2D eigenvalue weighted by Gasteiger charge is -1.99. The summed E-state index contributed by atoms with van der Waals surface area (Å²) in [5.41, 5.74) is -0.450. The fourth-order valence-electron chi connectivity index (χ4n) is 0.857. The first-order valence-corrected chi connectivity index (χ1v) is 3.16. The molecule has 0 saturated heterocycles. The SMILES string of the molecule is Bc1cc(F)cc([N+](=O)[O-])c1O. The lowest BCUT2D eigenvalue weighted by Crippen LogP contribution is -2.06. The van der Waals surface area contributed by atoms with Gasteiger partial charge in [0.1, 0.15) is 13.7 Å². The summed E-state index contributed by atoms with van der Waals surface area (Å²) in [6.45, 7) is 0. The second-order valence-corrected chi connectivity index (χ2v) is 2.35. The van der Waals surface area contributed by atoms with Gasteiger partial charge in [0.05, 0.1) is 11.0 Å². The van der Waals surface area contributed by atoms with Crippen molar-refractivity contribution in [2.24, 2.45) is 0 Å². The van der Waals surface area contributed by atoms with Crippen molar-refractivity contribution < 1.29 is 14.4 Å². The van der Waals surface area contributed by atoms with Crippen molar-refractivity contribution in [2.45, 2.75) is 0 Å². The lowest BCUT2D eigenvalue weighted by molar-refractivity contribution is -0.386.